The van der Waals surface area contributed by atoms with Crippen molar-refractivity contribution in [1.82, 2.24) is 5.32 Å². The summed E-state index contributed by atoms with van der Waals surface area (Å²) in [5.74, 6) is -0.295. The zero-order chi connectivity index (χ0) is 75.3. The third kappa shape index (κ3) is 43.8. The lowest BCUT2D eigenvalue weighted by molar-refractivity contribution is -0.379. The van der Waals surface area contributed by atoms with Gasteiger partial charge in [0, 0.05) is 6.42 Å². The van der Waals surface area contributed by atoms with Crippen LogP contribution in [0.2, 0.25) is 0 Å². The molecule has 19 nitrogen and oxygen atoms in total. The summed E-state index contributed by atoms with van der Waals surface area (Å²) < 4.78 is 34.4. The molecule has 104 heavy (non-hydrogen) atoms. The van der Waals surface area contributed by atoms with Gasteiger partial charge in [0.2, 0.25) is 5.91 Å². The van der Waals surface area contributed by atoms with Crippen molar-refractivity contribution >= 4 is 5.91 Å². The van der Waals surface area contributed by atoms with Gasteiger partial charge in [-0.05, 0) is 83.5 Å². The van der Waals surface area contributed by atoms with E-state index in [0.717, 1.165) is 96.3 Å². The molecule has 3 saturated heterocycles. The Bertz CT molecular complexity index is 2260. The number of aliphatic hydroxyl groups is 11. The Labute approximate surface area is 628 Å². The lowest BCUT2D eigenvalue weighted by Crippen LogP contribution is -2.66. The average Bonchev–Trinajstić information content (AvgIpc) is 0.783. The van der Waals surface area contributed by atoms with Gasteiger partial charge in [0.05, 0.1) is 38.6 Å². The lowest BCUT2D eigenvalue weighted by Gasteiger charge is -2.48. The highest BCUT2D eigenvalue weighted by atomic mass is 16.8. The number of amides is 1. The highest BCUT2D eigenvalue weighted by molar-refractivity contribution is 5.76. The van der Waals surface area contributed by atoms with Crippen molar-refractivity contribution in [3.05, 3.63) is 97.2 Å². The summed E-state index contributed by atoms with van der Waals surface area (Å²) in [6, 6.07) is -1.00. The second-order valence-electron chi connectivity index (χ2n) is 29.2. The molecular weight excluding hydrogens is 1320 g/mol. The van der Waals surface area contributed by atoms with Crippen molar-refractivity contribution in [1.29, 1.82) is 0 Å². The molecule has 0 bridgehead atoms. The third-order valence-corrected chi connectivity index (χ3v) is 20.1. The van der Waals surface area contributed by atoms with Gasteiger partial charge in [-0.15, -0.1) is 0 Å². The van der Waals surface area contributed by atoms with E-state index < -0.39 is 124 Å². The van der Waals surface area contributed by atoms with E-state index in [-0.39, 0.29) is 18.9 Å². The van der Waals surface area contributed by atoms with E-state index in [9.17, 15) is 61.0 Å². The number of unbranched alkanes of at least 4 members (excludes halogenated alkanes) is 35. The monoisotopic (exact) mass is 1470 g/mol. The number of nitrogens with one attached hydrogen (secondary N) is 1. The van der Waals surface area contributed by atoms with Crippen LogP contribution >= 0.6 is 0 Å². The maximum absolute atomic E-state index is 13.5. The zero-order valence-electron chi connectivity index (χ0n) is 64.5. The molecule has 602 valence electrons. The molecule has 0 saturated carbocycles. The van der Waals surface area contributed by atoms with Gasteiger partial charge in [-0.1, -0.05) is 310 Å². The second-order valence-corrected chi connectivity index (χ2v) is 29.2. The Morgan fingerprint density at radius 3 is 1.08 bits per heavy atom. The predicted molar refractivity (Wildman–Crippen MR) is 415 cm³/mol. The summed E-state index contributed by atoms with van der Waals surface area (Å²) in [4.78, 5) is 13.5. The minimum atomic E-state index is -1.99. The number of allylic oxidation sites excluding steroid dienone is 15. The van der Waals surface area contributed by atoms with E-state index in [0.29, 0.717) is 12.8 Å². The number of hydrogen-bond acceptors (Lipinski definition) is 18. The van der Waals surface area contributed by atoms with Gasteiger partial charge in [-0.25, -0.2) is 0 Å². The maximum atomic E-state index is 13.5. The van der Waals surface area contributed by atoms with E-state index in [1.165, 1.54) is 173 Å². The molecule has 19 heteroatoms. The van der Waals surface area contributed by atoms with Crippen LogP contribution in [0.4, 0.5) is 0 Å². The molecule has 0 aromatic rings. The molecule has 0 aliphatic carbocycles. The van der Waals surface area contributed by atoms with Crippen LogP contribution in [-0.2, 0) is 33.2 Å². The van der Waals surface area contributed by atoms with E-state index in [4.69, 9.17) is 28.4 Å². The average molecular weight is 1470 g/mol. The van der Waals surface area contributed by atoms with Crippen molar-refractivity contribution in [2.24, 2.45) is 0 Å². The SMILES string of the molecule is CC/C=C\C/C=C\C/C=C\C/C=C\C/C=C\C/C=C\CCCCCCCCCCC(=O)NC(COC1OC(CO)C(OC2OC(CO)C(OC3OC(CO)C(O)C(O)C3O)C(O)C2O)C(O)C1O)C(O)/C=C/CC/C=C/CCCCCCCCCCCCCCCCCCCCCCCCCCCC. The lowest BCUT2D eigenvalue weighted by atomic mass is 9.96. The molecular formula is C85H149NO18. The normalized spacial score (nSPS) is 26.4. The summed E-state index contributed by atoms with van der Waals surface area (Å²) in [6.07, 6.45) is 61.1. The summed E-state index contributed by atoms with van der Waals surface area (Å²) in [5.41, 5.74) is 0. The Kier molecular flexibility index (Phi) is 58.9. The number of aliphatic hydroxyl groups excluding tert-OH is 11. The molecule has 12 N–H and O–H groups in total. The van der Waals surface area contributed by atoms with Gasteiger partial charge in [0.25, 0.3) is 0 Å². The van der Waals surface area contributed by atoms with Gasteiger partial charge in [-0.2, -0.15) is 0 Å². The van der Waals surface area contributed by atoms with Gasteiger partial charge >= 0.3 is 0 Å². The summed E-state index contributed by atoms with van der Waals surface area (Å²) in [7, 11) is 0. The van der Waals surface area contributed by atoms with Crippen molar-refractivity contribution < 1.29 is 89.4 Å². The van der Waals surface area contributed by atoms with Crippen molar-refractivity contribution in [3.8, 4) is 0 Å². The molecule has 3 heterocycles. The van der Waals surface area contributed by atoms with Gasteiger partial charge < -0.3 is 89.9 Å². The van der Waals surface area contributed by atoms with E-state index in [1.807, 2.05) is 6.08 Å². The van der Waals surface area contributed by atoms with Crippen LogP contribution in [0, 0.1) is 0 Å². The first kappa shape index (κ1) is 94.9. The second kappa shape index (κ2) is 64.5. The summed E-state index contributed by atoms with van der Waals surface area (Å²) in [6.45, 7) is 1.62. The van der Waals surface area contributed by atoms with Crippen LogP contribution in [0.25, 0.3) is 0 Å². The topological polar surface area (TPSA) is 307 Å². The molecule has 0 aromatic heterocycles. The Morgan fingerprint density at radius 1 is 0.356 bits per heavy atom. The maximum Gasteiger partial charge on any atom is 0.220 e. The number of carbonyl (C=O) groups excluding carboxylic acids is 1. The number of carbonyl (C=O) groups is 1. The molecule has 3 aliphatic rings. The van der Waals surface area contributed by atoms with Crippen LogP contribution in [0.3, 0.4) is 0 Å². The highest BCUT2D eigenvalue weighted by Gasteiger charge is 2.54. The van der Waals surface area contributed by atoms with Crippen molar-refractivity contribution in [3.63, 3.8) is 0 Å². The molecule has 0 spiro atoms. The molecule has 3 rings (SSSR count). The molecule has 0 aromatic carbocycles. The molecule has 17 unspecified atom stereocenters. The Balaban J connectivity index is 1.38. The minimum Gasteiger partial charge on any atom is -0.394 e. The van der Waals surface area contributed by atoms with Crippen LogP contribution in [0.5, 0.6) is 0 Å². The predicted octanol–water partition coefficient (Wildman–Crippen LogP) is 14.3. The minimum absolute atomic E-state index is 0.220. The van der Waals surface area contributed by atoms with E-state index in [1.54, 1.807) is 6.08 Å². The fraction of sp³-hybridized carbons (Fsp3) is 0.800. The first-order valence-corrected chi connectivity index (χ1v) is 41.5. The third-order valence-electron chi connectivity index (χ3n) is 20.1. The summed E-state index contributed by atoms with van der Waals surface area (Å²) >= 11 is 0. The Hall–Kier alpha value is -3.29. The number of rotatable bonds is 65. The zero-order valence-corrected chi connectivity index (χ0v) is 64.5. The quantitative estimate of drug-likeness (QED) is 0.0199. The van der Waals surface area contributed by atoms with E-state index >= 15 is 0 Å². The van der Waals surface area contributed by atoms with Gasteiger partial charge in [0.1, 0.15) is 73.2 Å². The van der Waals surface area contributed by atoms with E-state index in [2.05, 4.69) is 104 Å². The fourth-order valence-corrected chi connectivity index (χ4v) is 13.5. The Morgan fingerprint density at radius 2 is 0.673 bits per heavy atom. The number of hydrogen-bond donors (Lipinski definition) is 12. The fourth-order valence-electron chi connectivity index (χ4n) is 13.5. The van der Waals surface area contributed by atoms with Crippen molar-refractivity contribution in [2.75, 3.05) is 26.4 Å². The van der Waals surface area contributed by atoms with Crippen LogP contribution in [-0.4, -0.2) is 193 Å². The van der Waals surface area contributed by atoms with Crippen LogP contribution in [0.1, 0.15) is 303 Å². The standard InChI is InChI=1S/C85H149NO18/c1-3-5-7-9-11-13-15-17-19-21-23-25-27-29-31-32-33-34-35-37-38-40-42-44-46-48-50-52-54-56-58-60-62-69(90)68(86-73(91)63-61-59-57-55-53-51-49-47-45-43-41-39-36-30-28-26-24-22-20-18-16-14-12-10-8-6-4-2)67-99-83-79(97)76(94)81(71(65-88)101-83)104-85-80(98)77(95)82(72(66-89)102-85)103-84-78(96)75(93)74(92)70(64-87)100-84/h6,8,12,14,18,20,24,26,30,36,41,43,52,54,60,62,68-72,74-85,87-90,92-98H,3-5,7,9-11,13,15-17,19,21-23,25,27-29,31-35,37-40,42,44-51,53,55-59,61,63-67H2,1-2H3,(H,86,91)/b8-6-,14-12-,20-18-,26-24-,36-30-,43-41-,54-52+,62-60+. The van der Waals surface area contributed by atoms with Crippen LogP contribution in [0.15, 0.2) is 97.2 Å². The largest absolute Gasteiger partial charge is 0.394 e. The molecule has 17 atom stereocenters. The first-order chi connectivity index (χ1) is 50.8. The molecule has 3 fully saturated rings. The molecule has 0 radical (unpaired) electrons. The molecule has 3 aliphatic heterocycles. The van der Waals surface area contributed by atoms with Crippen molar-refractivity contribution in [2.45, 2.75) is 407 Å². The number of ether oxygens (including phenoxy) is 6. The van der Waals surface area contributed by atoms with Gasteiger partial charge in [-0.3, -0.25) is 4.79 Å². The molecule has 1 amide bonds. The van der Waals surface area contributed by atoms with Gasteiger partial charge in [0.15, 0.2) is 18.9 Å². The smallest absolute Gasteiger partial charge is 0.220 e. The van der Waals surface area contributed by atoms with Crippen LogP contribution < -0.4 is 5.32 Å². The summed E-state index contributed by atoms with van der Waals surface area (Å²) in [5, 5.41) is 121. The highest BCUT2D eigenvalue weighted by Crippen LogP contribution is 2.33. The first-order valence-electron chi connectivity index (χ1n) is 41.5.